The van der Waals surface area contributed by atoms with Gasteiger partial charge in [0.05, 0.1) is 12.0 Å². The number of hydrogen-bond donors (Lipinski definition) is 1. The highest BCUT2D eigenvalue weighted by atomic mass is 32.2. The fourth-order valence-electron chi connectivity index (χ4n) is 3.03. The van der Waals surface area contributed by atoms with Crippen LogP contribution < -0.4 is 10.1 Å². The Morgan fingerprint density at radius 1 is 1.17 bits per heavy atom. The lowest BCUT2D eigenvalue weighted by atomic mass is 9.87. The molecule has 0 heterocycles. The predicted molar refractivity (Wildman–Crippen MR) is 117 cm³/mol. The van der Waals surface area contributed by atoms with E-state index in [1.165, 1.54) is 4.90 Å². The number of carbonyl (C=O) groups excluding carboxylic acids is 1. The van der Waals surface area contributed by atoms with E-state index >= 15 is 0 Å². The van der Waals surface area contributed by atoms with E-state index in [0.29, 0.717) is 25.4 Å². The van der Waals surface area contributed by atoms with Crippen LogP contribution in [0.3, 0.4) is 0 Å². The first-order valence-electron chi connectivity index (χ1n) is 9.98. The molecule has 0 aliphatic carbocycles. The maximum atomic E-state index is 13.3. The van der Waals surface area contributed by atoms with E-state index < -0.39 is 10.0 Å². The van der Waals surface area contributed by atoms with Gasteiger partial charge in [0.25, 0.3) is 0 Å². The summed E-state index contributed by atoms with van der Waals surface area (Å²) < 4.78 is 33.2. The molecule has 0 atom stereocenters. The lowest BCUT2D eigenvalue weighted by Crippen LogP contribution is -2.41. The molecule has 1 rings (SSSR count). The van der Waals surface area contributed by atoms with Crippen molar-refractivity contribution in [2.45, 2.75) is 45.4 Å². The van der Waals surface area contributed by atoms with Crippen molar-refractivity contribution in [3.05, 3.63) is 24.3 Å². The normalized spacial score (nSPS) is 12.3. The topological polar surface area (TPSA) is 79.0 Å². The molecule has 166 valence electrons. The zero-order chi connectivity index (χ0) is 22.2. The predicted octanol–water partition coefficient (Wildman–Crippen LogP) is 3.42. The molecule has 29 heavy (non-hydrogen) atoms. The smallest absolute Gasteiger partial charge is 0.316 e. The van der Waals surface area contributed by atoms with Gasteiger partial charge in [-0.25, -0.2) is 13.2 Å². The van der Waals surface area contributed by atoms with E-state index in [9.17, 15) is 13.2 Å². The molecule has 0 unspecified atom stereocenters. The number of sulfonamides is 1. The van der Waals surface area contributed by atoms with Crippen LogP contribution in [-0.2, 0) is 10.0 Å². The van der Waals surface area contributed by atoms with Gasteiger partial charge < -0.3 is 15.0 Å². The minimum atomic E-state index is -3.61. The summed E-state index contributed by atoms with van der Waals surface area (Å²) in [5.41, 5.74) is -0.225. The maximum absolute atomic E-state index is 13.3. The monoisotopic (exact) mass is 427 g/mol. The van der Waals surface area contributed by atoms with Crippen LogP contribution in [0, 0.1) is 11.3 Å². The van der Waals surface area contributed by atoms with Crippen LogP contribution >= 0.6 is 0 Å². The van der Waals surface area contributed by atoms with Crippen molar-refractivity contribution in [1.29, 1.82) is 0 Å². The summed E-state index contributed by atoms with van der Waals surface area (Å²) in [5, 5.41) is 2.85. The zero-order valence-corrected chi connectivity index (χ0v) is 19.7. The van der Waals surface area contributed by atoms with E-state index in [4.69, 9.17) is 4.74 Å². The molecule has 1 aromatic rings. The first kappa shape index (κ1) is 25.2. The Labute approximate surface area is 176 Å². The lowest BCUT2D eigenvalue weighted by molar-refractivity contribution is 0.211. The Morgan fingerprint density at radius 2 is 1.76 bits per heavy atom. The van der Waals surface area contributed by atoms with Gasteiger partial charge in [-0.3, -0.25) is 0 Å². The number of ether oxygens (including phenoxy) is 1. The highest BCUT2D eigenvalue weighted by Crippen LogP contribution is 2.28. The quantitative estimate of drug-likeness (QED) is 0.549. The summed E-state index contributed by atoms with van der Waals surface area (Å²) in [6.45, 7) is 9.60. The minimum absolute atomic E-state index is 0.119. The number of nitrogens with one attached hydrogen (secondary N) is 1. The molecule has 0 radical (unpaired) electrons. The molecule has 7 nitrogen and oxygen atoms in total. The molecule has 0 saturated carbocycles. The lowest BCUT2D eigenvalue weighted by Gasteiger charge is -2.33. The second-order valence-electron chi connectivity index (χ2n) is 8.76. The molecule has 0 bridgehead atoms. The Balaban J connectivity index is 2.86. The van der Waals surface area contributed by atoms with Crippen molar-refractivity contribution in [1.82, 2.24) is 14.5 Å². The number of rotatable bonds is 11. The molecular weight excluding hydrogens is 390 g/mol. The van der Waals surface area contributed by atoms with Crippen LogP contribution in [0.25, 0.3) is 0 Å². The second kappa shape index (κ2) is 10.8. The van der Waals surface area contributed by atoms with Crippen LogP contribution in [0.1, 0.15) is 40.5 Å². The van der Waals surface area contributed by atoms with Gasteiger partial charge >= 0.3 is 6.03 Å². The third kappa shape index (κ3) is 8.22. The van der Waals surface area contributed by atoms with Gasteiger partial charge in [0, 0.05) is 33.7 Å². The molecule has 0 fully saturated rings. The van der Waals surface area contributed by atoms with Crippen molar-refractivity contribution in [2.75, 3.05) is 40.8 Å². The molecule has 0 spiro atoms. The maximum Gasteiger partial charge on any atom is 0.316 e. The fraction of sp³-hybridized carbons (Fsp3) is 0.667. The fourth-order valence-corrected chi connectivity index (χ4v) is 4.82. The first-order valence-corrected chi connectivity index (χ1v) is 11.4. The zero-order valence-electron chi connectivity index (χ0n) is 18.9. The van der Waals surface area contributed by atoms with Gasteiger partial charge in [0.1, 0.15) is 5.75 Å². The van der Waals surface area contributed by atoms with Gasteiger partial charge in [-0.1, -0.05) is 27.7 Å². The first-order chi connectivity index (χ1) is 13.4. The van der Waals surface area contributed by atoms with E-state index in [1.807, 2.05) is 13.8 Å². The van der Waals surface area contributed by atoms with Gasteiger partial charge in [-0.15, -0.1) is 0 Å². The summed E-state index contributed by atoms with van der Waals surface area (Å²) in [4.78, 5) is 13.4. The van der Waals surface area contributed by atoms with Crippen LogP contribution in [-0.4, -0.2) is 64.5 Å². The molecule has 0 aromatic heterocycles. The average Bonchev–Trinajstić information content (AvgIpc) is 2.63. The number of urea groups is 1. The standard InChI is InChI=1S/C21H37N3O4S/c1-17(2)15-24(29(26,27)19-11-9-18(28-7)10-12-19)16-21(3,4)13-8-14-22-20(25)23(5)6/h9-12,17H,8,13-16H2,1-7H3,(H,22,25). The summed E-state index contributed by atoms with van der Waals surface area (Å²) in [6, 6.07) is 6.39. The minimum Gasteiger partial charge on any atom is -0.497 e. The Morgan fingerprint density at radius 3 is 2.24 bits per heavy atom. The van der Waals surface area contributed by atoms with Crippen molar-refractivity contribution >= 4 is 16.1 Å². The largest absolute Gasteiger partial charge is 0.497 e. The number of nitrogens with zero attached hydrogens (tertiary/aromatic N) is 2. The average molecular weight is 428 g/mol. The van der Waals surface area contributed by atoms with Crippen molar-refractivity contribution < 1.29 is 17.9 Å². The molecule has 0 aliphatic heterocycles. The summed E-state index contributed by atoms with van der Waals surface area (Å²) >= 11 is 0. The molecule has 0 aliphatic rings. The Bertz CT molecular complexity index is 744. The third-order valence-corrected chi connectivity index (χ3v) is 6.41. The van der Waals surface area contributed by atoms with E-state index in [1.54, 1.807) is 49.8 Å². The van der Waals surface area contributed by atoms with E-state index in [2.05, 4.69) is 19.2 Å². The molecule has 8 heteroatoms. The van der Waals surface area contributed by atoms with Crippen LogP contribution in [0.4, 0.5) is 4.79 Å². The van der Waals surface area contributed by atoms with Gasteiger partial charge in [-0.05, 0) is 48.4 Å². The number of methoxy groups -OCH3 is 1. The molecule has 2 amide bonds. The molecular formula is C21H37N3O4S. The van der Waals surface area contributed by atoms with Crippen molar-refractivity contribution in [2.24, 2.45) is 11.3 Å². The second-order valence-corrected chi connectivity index (χ2v) is 10.7. The van der Waals surface area contributed by atoms with Gasteiger partial charge in [-0.2, -0.15) is 4.31 Å². The molecule has 1 N–H and O–H groups in total. The van der Waals surface area contributed by atoms with Crippen molar-refractivity contribution in [3.63, 3.8) is 0 Å². The number of hydrogen-bond acceptors (Lipinski definition) is 4. The summed E-state index contributed by atoms with van der Waals surface area (Å²) in [7, 11) is 1.35. The number of carbonyl (C=O) groups is 1. The Kier molecular flexibility index (Phi) is 9.42. The molecule has 0 saturated heterocycles. The van der Waals surface area contributed by atoms with E-state index in [0.717, 1.165) is 12.8 Å². The number of benzene rings is 1. The molecule has 1 aromatic carbocycles. The van der Waals surface area contributed by atoms with Gasteiger partial charge in [0.2, 0.25) is 10.0 Å². The van der Waals surface area contributed by atoms with Crippen LogP contribution in [0.15, 0.2) is 29.2 Å². The van der Waals surface area contributed by atoms with Crippen LogP contribution in [0.5, 0.6) is 5.75 Å². The van der Waals surface area contributed by atoms with Gasteiger partial charge in [0.15, 0.2) is 0 Å². The summed E-state index contributed by atoms with van der Waals surface area (Å²) in [6.07, 6.45) is 1.58. The number of amides is 2. The Hall–Kier alpha value is -1.80. The SMILES string of the molecule is COc1ccc(S(=O)(=O)N(CC(C)C)CC(C)(C)CCCNC(=O)N(C)C)cc1. The van der Waals surface area contributed by atoms with Crippen molar-refractivity contribution in [3.8, 4) is 5.75 Å². The highest BCUT2D eigenvalue weighted by molar-refractivity contribution is 7.89. The summed E-state index contributed by atoms with van der Waals surface area (Å²) in [5.74, 6) is 0.831. The van der Waals surface area contributed by atoms with Crippen LogP contribution in [0.2, 0.25) is 0 Å². The van der Waals surface area contributed by atoms with E-state index in [-0.39, 0.29) is 22.3 Å². The third-order valence-electron chi connectivity index (χ3n) is 4.58. The highest BCUT2D eigenvalue weighted by Gasteiger charge is 2.31.